The maximum Gasteiger partial charge on any atom is 0.534 e. The Bertz CT molecular complexity index is 1860. The van der Waals surface area contributed by atoms with Crippen LogP contribution in [0.5, 0.6) is 11.5 Å². The first-order chi connectivity index (χ1) is 18.5. The van der Waals surface area contributed by atoms with E-state index < -0.39 is 67.5 Å². The Morgan fingerprint density at radius 3 is 2.30 bits per heavy atom. The van der Waals surface area contributed by atoms with Gasteiger partial charge in [0.25, 0.3) is 11.1 Å². The van der Waals surface area contributed by atoms with E-state index in [1.807, 2.05) is 22.6 Å². The minimum Gasteiger partial charge on any atom is -0.497 e. The van der Waals surface area contributed by atoms with Crippen molar-refractivity contribution >= 4 is 43.7 Å². The third-order valence-electron chi connectivity index (χ3n) is 6.19. The van der Waals surface area contributed by atoms with Gasteiger partial charge in [0.1, 0.15) is 16.8 Å². The molecular weight excluding hydrogens is 677 g/mol. The highest BCUT2D eigenvalue weighted by Gasteiger charge is 2.49. The summed E-state index contributed by atoms with van der Waals surface area (Å²) in [5, 5.41) is -0.850. The number of allylic oxidation sites excluding steroid dienone is 4. The normalized spacial score (nSPS) is 19.5. The van der Waals surface area contributed by atoms with Crippen LogP contribution in [0.25, 0.3) is 11.0 Å². The Labute approximate surface area is 237 Å². The van der Waals surface area contributed by atoms with Crippen LogP contribution >= 0.6 is 22.6 Å². The Balaban J connectivity index is 2.14. The molecule has 4 rings (SSSR count). The van der Waals surface area contributed by atoms with Crippen molar-refractivity contribution in [2.75, 3.05) is 7.11 Å². The van der Waals surface area contributed by atoms with Crippen molar-refractivity contribution in [3.63, 3.8) is 0 Å². The lowest BCUT2D eigenvalue weighted by atomic mass is 9.93. The molecule has 1 aliphatic carbocycles. The highest BCUT2D eigenvalue weighted by Crippen LogP contribution is 2.37. The van der Waals surface area contributed by atoms with Gasteiger partial charge in [0.05, 0.1) is 19.7 Å². The van der Waals surface area contributed by atoms with E-state index in [9.17, 15) is 36.0 Å². The number of rotatable bonds is 6. The van der Waals surface area contributed by atoms with Crippen molar-refractivity contribution in [2.24, 2.45) is 7.05 Å². The van der Waals surface area contributed by atoms with E-state index in [2.05, 4.69) is 4.18 Å². The van der Waals surface area contributed by atoms with Crippen molar-refractivity contribution < 1.29 is 34.9 Å². The zero-order valence-corrected chi connectivity index (χ0v) is 23.9. The van der Waals surface area contributed by atoms with Gasteiger partial charge < -0.3 is 8.92 Å². The highest BCUT2D eigenvalue weighted by molar-refractivity contribution is 14.1. The first-order valence-corrected chi connectivity index (χ1v) is 13.8. The number of methoxy groups -OCH3 is 1. The fourth-order valence-electron chi connectivity index (χ4n) is 4.24. The smallest absolute Gasteiger partial charge is 0.497 e. The van der Waals surface area contributed by atoms with Gasteiger partial charge in [-0.05, 0) is 53.3 Å². The molecule has 2 atom stereocenters. The van der Waals surface area contributed by atoms with E-state index in [1.54, 1.807) is 0 Å². The molecule has 1 aromatic carbocycles. The average Bonchev–Trinajstić information content (AvgIpc) is 2.84. The highest BCUT2D eigenvalue weighted by atomic mass is 127. The molecule has 0 bridgehead atoms. The molecule has 3 aromatic rings. The number of aromatic nitrogens is 3. The summed E-state index contributed by atoms with van der Waals surface area (Å²) in [6.07, 6.45) is 3.94. The predicted octanol–water partition coefficient (Wildman–Crippen LogP) is 3.31. The van der Waals surface area contributed by atoms with E-state index in [1.165, 1.54) is 49.6 Å². The van der Waals surface area contributed by atoms with E-state index in [0.717, 1.165) is 23.1 Å². The van der Waals surface area contributed by atoms with Crippen LogP contribution in [0.2, 0.25) is 0 Å². The molecule has 0 N–H and O–H groups in total. The van der Waals surface area contributed by atoms with Crippen molar-refractivity contribution in [3.8, 4) is 11.5 Å². The second kappa shape index (κ2) is 10.2. The van der Waals surface area contributed by atoms with Crippen LogP contribution in [-0.4, -0.2) is 40.4 Å². The molecule has 0 amide bonds. The van der Waals surface area contributed by atoms with E-state index >= 15 is 4.39 Å². The fraction of sp³-hybridized carbons (Fsp3) is 0.292. The molecule has 2 heterocycles. The molecule has 0 aliphatic heterocycles. The Hall–Kier alpha value is -3.41. The quantitative estimate of drug-likeness (QED) is 0.168. The van der Waals surface area contributed by atoms with Crippen LogP contribution < -0.4 is 25.7 Å². The molecule has 10 nitrogen and oxygen atoms in total. The second-order valence-corrected chi connectivity index (χ2v) is 11.7. The van der Waals surface area contributed by atoms with Gasteiger partial charge >= 0.3 is 21.3 Å². The number of alkyl halides is 4. The average molecular weight is 697 g/mol. The number of fused-ring (bicyclic) bond motifs is 1. The lowest BCUT2D eigenvalue weighted by Gasteiger charge is -2.31. The Morgan fingerprint density at radius 1 is 1.12 bits per heavy atom. The van der Waals surface area contributed by atoms with Crippen molar-refractivity contribution in [1.29, 1.82) is 0 Å². The number of aryl methyl sites for hydroxylation is 1. The zero-order valence-electron chi connectivity index (χ0n) is 20.9. The number of hydrogen-bond donors (Lipinski definition) is 0. The summed E-state index contributed by atoms with van der Waals surface area (Å²) in [7, 11) is -3.83. The monoisotopic (exact) mass is 697 g/mol. The molecule has 40 heavy (non-hydrogen) atoms. The van der Waals surface area contributed by atoms with Crippen molar-refractivity contribution in [3.05, 3.63) is 88.9 Å². The number of hydrogen-bond acceptors (Lipinski definition) is 7. The van der Waals surface area contributed by atoms with Gasteiger partial charge in [-0.1, -0.05) is 24.3 Å². The predicted molar refractivity (Wildman–Crippen MR) is 145 cm³/mol. The summed E-state index contributed by atoms with van der Waals surface area (Å²) in [5.41, 5.74) is -11.9. The lowest BCUT2D eigenvalue weighted by molar-refractivity contribution is -0.0499. The second-order valence-electron chi connectivity index (χ2n) is 8.96. The third kappa shape index (κ3) is 5.21. The third-order valence-corrected chi connectivity index (χ3v) is 7.83. The summed E-state index contributed by atoms with van der Waals surface area (Å²) in [4.78, 5) is 40.3. The van der Waals surface area contributed by atoms with Crippen LogP contribution in [0.3, 0.4) is 0 Å². The van der Waals surface area contributed by atoms with Gasteiger partial charge in [-0.25, -0.2) is 9.18 Å². The summed E-state index contributed by atoms with van der Waals surface area (Å²) >= 11 is 1.84. The van der Waals surface area contributed by atoms with Crippen molar-refractivity contribution in [1.82, 2.24) is 13.7 Å². The van der Waals surface area contributed by atoms with Gasteiger partial charge in [-0.15, -0.1) is 0 Å². The molecule has 0 radical (unpaired) electrons. The zero-order chi connectivity index (χ0) is 29.8. The number of nitrogens with zero attached hydrogens (tertiary/aromatic N) is 3. The number of ether oxygens (including phenoxy) is 1. The molecule has 0 saturated carbocycles. The van der Waals surface area contributed by atoms with Gasteiger partial charge in [-0.2, -0.15) is 21.6 Å². The first-order valence-electron chi connectivity index (χ1n) is 11.3. The van der Waals surface area contributed by atoms with E-state index in [0.29, 0.717) is 25.5 Å². The SMILES string of the molecule is COc1ccc(Cn2c(=O)c3c(OS(=O)(=O)C(F)(F)F)cc(=O)n(C)c3n(C3C=CC(I)=CC3(C)F)c2=O)cc1. The topological polar surface area (TPSA) is 119 Å². The van der Waals surface area contributed by atoms with Gasteiger partial charge in [-0.3, -0.25) is 23.3 Å². The molecule has 0 spiro atoms. The molecule has 214 valence electrons. The standard InChI is InChI=1S/C24H20F4IN3O7S/c1-23(25)11-14(29)6-9-17(23)32-20-19(16(10-18(33)30(20)2)39-40(36,37)24(26,27)28)21(34)31(22(32)35)12-13-4-7-15(38-3)8-5-13/h4-11,17H,12H2,1-3H3. The van der Waals surface area contributed by atoms with Gasteiger partial charge in [0.15, 0.2) is 11.4 Å². The minimum absolute atomic E-state index is 0.373. The van der Waals surface area contributed by atoms with E-state index in [-0.39, 0.29) is 0 Å². The minimum atomic E-state index is -6.34. The molecule has 1 aliphatic rings. The molecule has 2 unspecified atom stereocenters. The molecule has 0 saturated heterocycles. The Kier molecular flexibility index (Phi) is 7.55. The number of pyridine rings is 1. The first kappa shape index (κ1) is 29.6. The van der Waals surface area contributed by atoms with Crippen LogP contribution in [0.1, 0.15) is 18.5 Å². The Morgan fingerprint density at radius 2 is 1.75 bits per heavy atom. The fourth-order valence-corrected chi connectivity index (χ4v) is 5.52. The van der Waals surface area contributed by atoms with Gasteiger partial charge in [0, 0.05) is 16.7 Å². The van der Waals surface area contributed by atoms with Crippen molar-refractivity contribution in [2.45, 2.75) is 30.7 Å². The summed E-state index contributed by atoms with van der Waals surface area (Å²) in [6, 6.07) is 4.97. The number of benzene rings is 1. The summed E-state index contributed by atoms with van der Waals surface area (Å²) < 4.78 is 91.1. The number of halogens is 5. The van der Waals surface area contributed by atoms with Crippen LogP contribution in [0.4, 0.5) is 17.6 Å². The molecule has 16 heteroatoms. The van der Waals surface area contributed by atoms with E-state index in [4.69, 9.17) is 4.74 Å². The largest absolute Gasteiger partial charge is 0.534 e. The summed E-state index contributed by atoms with van der Waals surface area (Å²) in [6.45, 7) is 0.683. The lowest BCUT2D eigenvalue weighted by Crippen LogP contribution is -2.47. The maximum absolute atomic E-state index is 15.9. The summed E-state index contributed by atoms with van der Waals surface area (Å²) in [5.74, 6) is -0.805. The molecule has 2 aromatic heterocycles. The van der Waals surface area contributed by atoms with Crippen LogP contribution in [-0.2, 0) is 23.7 Å². The molecule has 0 fully saturated rings. The molecular formula is C24H20F4IN3O7S. The maximum atomic E-state index is 15.9. The van der Waals surface area contributed by atoms with Crippen LogP contribution in [0, 0.1) is 0 Å². The van der Waals surface area contributed by atoms with Crippen LogP contribution in [0.15, 0.2) is 66.5 Å². The van der Waals surface area contributed by atoms with Gasteiger partial charge in [0.2, 0.25) is 0 Å².